The fourth-order valence-electron chi connectivity index (χ4n) is 5.97. The second-order valence-electron chi connectivity index (χ2n) is 10.5. The topological polar surface area (TPSA) is 83.5 Å². The third kappa shape index (κ3) is 5.39. The van der Waals surface area contributed by atoms with E-state index < -0.39 is 0 Å². The molecule has 3 aromatic heterocycles. The van der Waals surface area contributed by atoms with Crippen LogP contribution in [0.25, 0.3) is 22.0 Å². The highest BCUT2D eigenvalue weighted by Crippen LogP contribution is 2.33. The van der Waals surface area contributed by atoms with Crippen molar-refractivity contribution in [3.05, 3.63) is 42.9 Å². The molecule has 1 aliphatic carbocycles. The predicted octanol–water partition coefficient (Wildman–Crippen LogP) is 4.51. The van der Waals surface area contributed by atoms with Crippen molar-refractivity contribution >= 4 is 28.3 Å². The summed E-state index contributed by atoms with van der Waals surface area (Å²) in [5.41, 5.74) is 1.98. The van der Waals surface area contributed by atoms with Crippen molar-refractivity contribution < 1.29 is 9.53 Å². The first-order valence-electron chi connectivity index (χ1n) is 13.8. The maximum absolute atomic E-state index is 13.0. The van der Waals surface area contributed by atoms with Crippen molar-refractivity contribution in [3.8, 4) is 11.3 Å². The molecule has 0 bridgehead atoms. The fraction of sp³-hybridized carbons (Fsp3) is 0.517. The lowest BCUT2D eigenvalue weighted by molar-refractivity contribution is -0.140. The summed E-state index contributed by atoms with van der Waals surface area (Å²) in [5.74, 6) is 2.26. The van der Waals surface area contributed by atoms with Crippen LogP contribution in [0.4, 0.5) is 11.6 Å². The molecule has 0 unspecified atom stereocenters. The summed E-state index contributed by atoms with van der Waals surface area (Å²) < 4.78 is 5.42. The van der Waals surface area contributed by atoms with Crippen LogP contribution in [0.2, 0.25) is 0 Å². The Hall–Kier alpha value is -3.26. The zero-order valence-electron chi connectivity index (χ0n) is 21.4. The van der Waals surface area contributed by atoms with Gasteiger partial charge in [0.15, 0.2) is 0 Å². The Morgan fingerprint density at radius 3 is 2.57 bits per heavy atom. The molecule has 3 aliphatic rings. The monoisotopic (exact) mass is 500 g/mol. The van der Waals surface area contributed by atoms with Gasteiger partial charge in [-0.15, -0.1) is 0 Å². The molecule has 0 spiro atoms. The van der Waals surface area contributed by atoms with E-state index in [1.165, 1.54) is 32.1 Å². The zero-order valence-corrected chi connectivity index (χ0v) is 21.4. The molecule has 1 amide bonds. The summed E-state index contributed by atoms with van der Waals surface area (Å²) in [6, 6.07) is 8.83. The van der Waals surface area contributed by atoms with E-state index in [0.717, 1.165) is 59.6 Å². The Balaban J connectivity index is 1.23. The van der Waals surface area contributed by atoms with Crippen molar-refractivity contribution in [1.82, 2.24) is 19.9 Å². The lowest BCUT2D eigenvalue weighted by atomic mass is 9.94. The summed E-state index contributed by atoms with van der Waals surface area (Å²) in [7, 11) is 0. The smallest absolute Gasteiger partial charge is 0.225 e. The molecule has 8 nitrogen and oxygen atoms in total. The van der Waals surface area contributed by atoms with Gasteiger partial charge in [-0.05, 0) is 49.9 Å². The first kappa shape index (κ1) is 24.1. The quantitative estimate of drug-likeness (QED) is 0.552. The standard InChI is InChI=1S/C29H36N6O2/c36-29(35-14-16-37-17-15-35)21-8-12-34(13-9-21)28-25-7-10-30-20-23(25)18-26(33-28)22-6-11-31-27(19-22)32-24-4-2-1-3-5-24/h6-7,10-11,18-21,24H,1-5,8-9,12-17H2,(H,31,32). The molecule has 0 radical (unpaired) electrons. The van der Waals surface area contributed by atoms with Crippen molar-refractivity contribution in [2.24, 2.45) is 5.92 Å². The molecule has 1 saturated carbocycles. The molecule has 0 atom stereocenters. The molecule has 5 heterocycles. The van der Waals surface area contributed by atoms with Gasteiger partial charge in [-0.1, -0.05) is 19.3 Å². The number of pyridine rings is 3. The molecule has 8 heteroatoms. The van der Waals surface area contributed by atoms with Crippen LogP contribution < -0.4 is 10.2 Å². The van der Waals surface area contributed by atoms with Crippen LogP contribution in [0.3, 0.4) is 0 Å². The Bertz CT molecular complexity index is 1230. The van der Waals surface area contributed by atoms with E-state index >= 15 is 0 Å². The van der Waals surface area contributed by atoms with Crippen LogP contribution >= 0.6 is 0 Å². The molecule has 2 saturated heterocycles. The fourth-order valence-corrected chi connectivity index (χ4v) is 5.97. The van der Waals surface area contributed by atoms with Crippen LogP contribution in [0.5, 0.6) is 0 Å². The number of piperidine rings is 1. The van der Waals surface area contributed by atoms with Crippen molar-refractivity contribution in [1.29, 1.82) is 0 Å². The average Bonchev–Trinajstić information content (AvgIpc) is 2.97. The van der Waals surface area contributed by atoms with Crippen molar-refractivity contribution in [2.75, 3.05) is 49.6 Å². The Morgan fingerprint density at radius 1 is 0.946 bits per heavy atom. The molecular formula is C29H36N6O2. The lowest BCUT2D eigenvalue weighted by Crippen LogP contribution is -2.47. The first-order chi connectivity index (χ1) is 18.2. The minimum Gasteiger partial charge on any atom is -0.378 e. The highest BCUT2D eigenvalue weighted by molar-refractivity contribution is 5.94. The van der Waals surface area contributed by atoms with E-state index in [9.17, 15) is 4.79 Å². The van der Waals surface area contributed by atoms with Crippen molar-refractivity contribution in [3.63, 3.8) is 0 Å². The van der Waals surface area contributed by atoms with Gasteiger partial charge in [-0.2, -0.15) is 0 Å². The van der Waals surface area contributed by atoms with Gasteiger partial charge < -0.3 is 19.9 Å². The van der Waals surface area contributed by atoms with E-state index in [-0.39, 0.29) is 11.8 Å². The molecule has 1 N–H and O–H groups in total. The number of hydrogen-bond donors (Lipinski definition) is 1. The van der Waals surface area contributed by atoms with Crippen LogP contribution in [-0.4, -0.2) is 71.2 Å². The maximum atomic E-state index is 13.0. The number of fused-ring (bicyclic) bond motifs is 1. The number of aromatic nitrogens is 3. The third-order valence-electron chi connectivity index (χ3n) is 8.09. The van der Waals surface area contributed by atoms with Crippen LogP contribution in [0, 0.1) is 5.92 Å². The van der Waals surface area contributed by atoms with E-state index in [2.05, 4.69) is 38.4 Å². The number of anilines is 2. The molecule has 37 heavy (non-hydrogen) atoms. The maximum Gasteiger partial charge on any atom is 0.225 e. The van der Waals surface area contributed by atoms with Gasteiger partial charge in [0, 0.05) is 73.1 Å². The number of nitrogens with zero attached hydrogens (tertiary/aromatic N) is 5. The molecular weight excluding hydrogens is 464 g/mol. The third-order valence-corrected chi connectivity index (χ3v) is 8.09. The number of amides is 1. The number of hydrogen-bond acceptors (Lipinski definition) is 7. The van der Waals surface area contributed by atoms with E-state index in [1.54, 1.807) is 0 Å². The molecule has 6 rings (SSSR count). The van der Waals surface area contributed by atoms with Gasteiger partial charge in [-0.25, -0.2) is 9.97 Å². The van der Waals surface area contributed by atoms with Gasteiger partial charge in [0.1, 0.15) is 11.6 Å². The lowest BCUT2D eigenvalue weighted by Gasteiger charge is -2.36. The number of carbonyl (C=O) groups is 1. The van der Waals surface area contributed by atoms with Crippen LogP contribution in [0.15, 0.2) is 42.9 Å². The number of carbonyl (C=O) groups excluding carboxylic acids is 1. The van der Waals surface area contributed by atoms with Gasteiger partial charge in [0.05, 0.1) is 18.9 Å². The largest absolute Gasteiger partial charge is 0.378 e. The second kappa shape index (κ2) is 11.0. The Labute approximate surface area is 218 Å². The van der Waals surface area contributed by atoms with E-state index in [4.69, 9.17) is 9.72 Å². The van der Waals surface area contributed by atoms with Crippen LogP contribution in [-0.2, 0) is 9.53 Å². The van der Waals surface area contributed by atoms with Gasteiger partial charge in [-0.3, -0.25) is 9.78 Å². The minimum atomic E-state index is 0.0825. The number of morpholine rings is 1. The van der Waals surface area contributed by atoms with Gasteiger partial charge in [0.25, 0.3) is 0 Å². The summed E-state index contributed by atoms with van der Waals surface area (Å²) in [6.45, 7) is 4.36. The molecule has 3 fully saturated rings. The number of rotatable bonds is 5. The second-order valence-corrected chi connectivity index (χ2v) is 10.5. The van der Waals surface area contributed by atoms with E-state index in [1.807, 2.05) is 29.6 Å². The highest BCUT2D eigenvalue weighted by Gasteiger charge is 2.30. The van der Waals surface area contributed by atoms with E-state index in [0.29, 0.717) is 32.3 Å². The Kier molecular flexibility index (Phi) is 7.17. The normalized spacial score (nSPS) is 19.8. The summed E-state index contributed by atoms with van der Waals surface area (Å²) in [4.78, 5) is 31.5. The number of ether oxygens (including phenoxy) is 1. The Morgan fingerprint density at radius 2 is 1.76 bits per heavy atom. The minimum absolute atomic E-state index is 0.0825. The van der Waals surface area contributed by atoms with Gasteiger partial charge >= 0.3 is 0 Å². The SMILES string of the molecule is O=C(C1CCN(c2nc(-c3ccnc(NC4CCCCC4)c3)cc3cnccc23)CC1)N1CCOCC1. The highest BCUT2D eigenvalue weighted by atomic mass is 16.5. The molecule has 2 aliphatic heterocycles. The van der Waals surface area contributed by atoms with Crippen LogP contribution in [0.1, 0.15) is 44.9 Å². The summed E-state index contributed by atoms with van der Waals surface area (Å²) >= 11 is 0. The summed E-state index contributed by atoms with van der Waals surface area (Å²) in [6.07, 6.45) is 13.6. The molecule has 3 aromatic rings. The van der Waals surface area contributed by atoms with Crippen molar-refractivity contribution in [2.45, 2.75) is 51.0 Å². The molecule has 194 valence electrons. The average molecular weight is 501 g/mol. The zero-order chi connectivity index (χ0) is 25.0. The predicted molar refractivity (Wildman–Crippen MR) is 146 cm³/mol. The first-order valence-corrected chi connectivity index (χ1v) is 13.8. The summed E-state index contributed by atoms with van der Waals surface area (Å²) in [5, 5.41) is 5.82. The number of nitrogens with one attached hydrogen (secondary N) is 1. The van der Waals surface area contributed by atoms with Gasteiger partial charge in [0.2, 0.25) is 5.91 Å². The molecule has 0 aromatic carbocycles.